The number of aromatic nitrogens is 1. The van der Waals surface area contributed by atoms with E-state index in [2.05, 4.69) is 20.9 Å². The van der Waals surface area contributed by atoms with Gasteiger partial charge in [0.1, 0.15) is 5.82 Å². The predicted molar refractivity (Wildman–Crippen MR) is 86.4 cm³/mol. The summed E-state index contributed by atoms with van der Waals surface area (Å²) in [6.07, 6.45) is 6.16. The van der Waals surface area contributed by atoms with Gasteiger partial charge in [0.2, 0.25) is 0 Å². The summed E-state index contributed by atoms with van der Waals surface area (Å²) in [6.45, 7) is 4.52. The van der Waals surface area contributed by atoms with Crippen LogP contribution in [0.4, 0.5) is 10.1 Å². The van der Waals surface area contributed by atoms with E-state index in [0.717, 1.165) is 30.9 Å². The largest absolute Gasteiger partial charge is 0.365 e. The third-order valence-electron chi connectivity index (χ3n) is 4.82. The van der Waals surface area contributed by atoms with Crippen LogP contribution in [0.15, 0.2) is 42.7 Å². The molecule has 114 valence electrons. The molecule has 2 unspecified atom stereocenters. The van der Waals surface area contributed by atoms with Gasteiger partial charge in [-0.25, -0.2) is 4.39 Å². The molecule has 4 rings (SSSR count). The van der Waals surface area contributed by atoms with Gasteiger partial charge in [0, 0.05) is 43.0 Å². The molecule has 2 saturated heterocycles. The highest BCUT2D eigenvalue weighted by Gasteiger charge is 2.30. The molecule has 2 aliphatic heterocycles. The van der Waals surface area contributed by atoms with Gasteiger partial charge in [0.25, 0.3) is 0 Å². The standard InChI is InChI=1S/C18H20FN3/c19-18-6-2-1-5-17(18)14-10-16(12-20-11-14)22-9-8-21-7-3-4-15(22)13-21/h1-2,5-6,10-12,15H,3-4,7-9,13H2. The minimum atomic E-state index is -0.191. The number of fused-ring (bicyclic) bond motifs is 2. The lowest BCUT2D eigenvalue weighted by Gasteiger charge is -2.46. The third-order valence-corrected chi connectivity index (χ3v) is 4.82. The Kier molecular flexibility index (Phi) is 3.54. The Morgan fingerprint density at radius 3 is 2.91 bits per heavy atom. The lowest BCUT2D eigenvalue weighted by molar-refractivity contribution is 0.174. The predicted octanol–water partition coefficient (Wildman–Crippen LogP) is 3.17. The summed E-state index contributed by atoms with van der Waals surface area (Å²) in [5, 5.41) is 0. The maximum atomic E-state index is 14.0. The molecule has 0 saturated carbocycles. The molecule has 2 aliphatic rings. The van der Waals surface area contributed by atoms with E-state index in [0.29, 0.717) is 11.6 Å². The summed E-state index contributed by atoms with van der Waals surface area (Å²) in [5.41, 5.74) is 2.60. The van der Waals surface area contributed by atoms with E-state index in [4.69, 9.17) is 0 Å². The number of halogens is 1. The Labute approximate surface area is 130 Å². The second kappa shape index (κ2) is 5.69. The molecular formula is C18H20FN3. The van der Waals surface area contributed by atoms with Crippen molar-refractivity contribution in [2.45, 2.75) is 18.9 Å². The molecule has 3 heterocycles. The molecule has 0 N–H and O–H groups in total. The van der Waals surface area contributed by atoms with Gasteiger partial charge in [-0.1, -0.05) is 18.2 Å². The Morgan fingerprint density at radius 1 is 1.09 bits per heavy atom. The van der Waals surface area contributed by atoms with Gasteiger partial charge >= 0.3 is 0 Å². The number of hydrogen-bond donors (Lipinski definition) is 0. The van der Waals surface area contributed by atoms with Gasteiger partial charge in [-0.2, -0.15) is 0 Å². The van der Waals surface area contributed by atoms with Crippen LogP contribution in [0.3, 0.4) is 0 Å². The third kappa shape index (κ3) is 2.48. The van der Waals surface area contributed by atoms with Crippen LogP contribution in [0.2, 0.25) is 0 Å². The van der Waals surface area contributed by atoms with E-state index in [9.17, 15) is 4.39 Å². The molecule has 2 fully saturated rings. The van der Waals surface area contributed by atoms with Crippen molar-refractivity contribution in [3.8, 4) is 11.1 Å². The fourth-order valence-corrected chi connectivity index (χ4v) is 3.69. The minimum Gasteiger partial charge on any atom is -0.365 e. The molecule has 3 nitrogen and oxygen atoms in total. The van der Waals surface area contributed by atoms with Crippen LogP contribution in [0.25, 0.3) is 11.1 Å². The number of hydrogen-bond acceptors (Lipinski definition) is 3. The van der Waals surface area contributed by atoms with Crippen molar-refractivity contribution < 1.29 is 4.39 Å². The van der Waals surface area contributed by atoms with Crippen molar-refractivity contribution in [2.75, 3.05) is 31.1 Å². The van der Waals surface area contributed by atoms with E-state index in [1.54, 1.807) is 12.3 Å². The first-order chi connectivity index (χ1) is 10.8. The van der Waals surface area contributed by atoms with Gasteiger partial charge < -0.3 is 4.90 Å². The Balaban J connectivity index is 1.66. The Morgan fingerprint density at radius 2 is 2.00 bits per heavy atom. The summed E-state index contributed by atoms with van der Waals surface area (Å²) >= 11 is 0. The van der Waals surface area contributed by atoms with Crippen molar-refractivity contribution in [2.24, 2.45) is 0 Å². The van der Waals surface area contributed by atoms with Crippen LogP contribution >= 0.6 is 0 Å². The molecular weight excluding hydrogens is 277 g/mol. The number of piperidine rings is 1. The molecule has 22 heavy (non-hydrogen) atoms. The number of rotatable bonds is 2. The average Bonchev–Trinajstić information content (AvgIpc) is 2.56. The number of pyridine rings is 1. The molecule has 2 aromatic rings. The summed E-state index contributed by atoms with van der Waals surface area (Å²) in [6, 6.07) is 9.55. The molecule has 1 aromatic heterocycles. The van der Waals surface area contributed by atoms with Gasteiger partial charge in [-0.15, -0.1) is 0 Å². The van der Waals surface area contributed by atoms with Crippen LogP contribution in [-0.2, 0) is 0 Å². The molecule has 0 radical (unpaired) electrons. The second-order valence-electron chi connectivity index (χ2n) is 6.20. The van der Waals surface area contributed by atoms with E-state index >= 15 is 0 Å². The Bertz CT molecular complexity index is 673. The van der Waals surface area contributed by atoms with Gasteiger partial charge in [-0.3, -0.25) is 9.88 Å². The number of anilines is 1. The first kappa shape index (κ1) is 13.7. The summed E-state index contributed by atoms with van der Waals surface area (Å²) in [5.74, 6) is -0.191. The molecule has 0 spiro atoms. The van der Waals surface area contributed by atoms with Crippen LogP contribution in [0.5, 0.6) is 0 Å². The van der Waals surface area contributed by atoms with Crippen LogP contribution in [0, 0.1) is 5.82 Å². The molecule has 0 aliphatic carbocycles. The van der Waals surface area contributed by atoms with Crippen molar-refractivity contribution in [3.05, 3.63) is 48.5 Å². The number of piperazine rings is 1. The average molecular weight is 297 g/mol. The summed E-state index contributed by atoms with van der Waals surface area (Å²) in [7, 11) is 0. The van der Waals surface area contributed by atoms with Crippen LogP contribution in [0.1, 0.15) is 12.8 Å². The quantitative estimate of drug-likeness (QED) is 0.849. The van der Waals surface area contributed by atoms with Crippen molar-refractivity contribution in [1.82, 2.24) is 9.88 Å². The summed E-state index contributed by atoms with van der Waals surface area (Å²) in [4.78, 5) is 9.35. The van der Waals surface area contributed by atoms with Gasteiger partial charge in [0.05, 0.1) is 11.9 Å². The zero-order valence-electron chi connectivity index (χ0n) is 12.6. The maximum Gasteiger partial charge on any atom is 0.131 e. The van der Waals surface area contributed by atoms with E-state index in [1.807, 2.05) is 18.3 Å². The van der Waals surface area contributed by atoms with E-state index in [-0.39, 0.29) is 5.82 Å². The van der Waals surface area contributed by atoms with E-state index < -0.39 is 0 Å². The topological polar surface area (TPSA) is 19.4 Å². The summed E-state index contributed by atoms with van der Waals surface area (Å²) < 4.78 is 14.0. The normalized spacial score (nSPS) is 24.3. The van der Waals surface area contributed by atoms with Gasteiger partial charge in [0.15, 0.2) is 0 Å². The fourth-order valence-electron chi connectivity index (χ4n) is 3.69. The van der Waals surface area contributed by atoms with Crippen LogP contribution < -0.4 is 4.90 Å². The smallest absolute Gasteiger partial charge is 0.131 e. The highest BCUT2D eigenvalue weighted by Crippen LogP contribution is 2.30. The Hall–Kier alpha value is -1.94. The molecule has 0 amide bonds. The highest BCUT2D eigenvalue weighted by atomic mass is 19.1. The van der Waals surface area contributed by atoms with Crippen molar-refractivity contribution in [1.29, 1.82) is 0 Å². The molecule has 2 bridgehead atoms. The zero-order chi connectivity index (χ0) is 14.9. The zero-order valence-corrected chi connectivity index (χ0v) is 12.6. The molecule has 1 aromatic carbocycles. The lowest BCUT2D eigenvalue weighted by Crippen LogP contribution is -2.56. The maximum absolute atomic E-state index is 14.0. The lowest BCUT2D eigenvalue weighted by atomic mass is 9.99. The van der Waals surface area contributed by atoms with Crippen molar-refractivity contribution in [3.63, 3.8) is 0 Å². The fraction of sp³-hybridized carbons (Fsp3) is 0.389. The molecule has 2 atom stereocenters. The SMILES string of the molecule is Fc1ccccc1-c1cncc(N2CCN3CCCC2C3)c1. The monoisotopic (exact) mass is 297 g/mol. The van der Waals surface area contributed by atoms with Crippen LogP contribution in [-0.4, -0.2) is 42.1 Å². The second-order valence-corrected chi connectivity index (χ2v) is 6.20. The first-order valence-corrected chi connectivity index (χ1v) is 8.00. The van der Waals surface area contributed by atoms with Gasteiger partial charge in [-0.05, 0) is 31.5 Å². The van der Waals surface area contributed by atoms with Crippen molar-refractivity contribution >= 4 is 5.69 Å². The van der Waals surface area contributed by atoms with E-state index in [1.165, 1.54) is 25.5 Å². The minimum absolute atomic E-state index is 0.191. The molecule has 4 heteroatoms. The number of nitrogens with zero attached hydrogens (tertiary/aromatic N) is 3. The highest BCUT2D eigenvalue weighted by molar-refractivity contribution is 5.67. The first-order valence-electron chi connectivity index (χ1n) is 8.00. The number of benzene rings is 1.